The van der Waals surface area contributed by atoms with Gasteiger partial charge in [-0.05, 0) is 6.92 Å². The number of amides is 1. The summed E-state index contributed by atoms with van der Waals surface area (Å²) in [5.41, 5.74) is 0.377. The van der Waals surface area contributed by atoms with E-state index in [4.69, 9.17) is 16.7 Å². The van der Waals surface area contributed by atoms with Gasteiger partial charge in [-0.2, -0.15) is 10.2 Å². The topological polar surface area (TPSA) is 102 Å². The summed E-state index contributed by atoms with van der Waals surface area (Å²) < 4.78 is 2.94. The molecule has 0 atom stereocenters. The number of aromatic nitrogens is 4. The van der Waals surface area contributed by atoms with Gasteiger partial charge in [0, 0.05) is 19.8 Å². The van der Waals surface area contributed by atoms with Gasteiger partial charge in [0.25, 0.3) is 5.91 Å². The lowest BCUT2D eigenvalue weighted by Gasteiger charge is -2.07. The molecule has 0 aromatic carbocycles. The molecule has 1 amide bonds. The molecule has 2 heterocycles. The maximum atomic E-state index is 12.1. The van der Waals surface area contributed by atoms with E-state index in [0.717, 1.165) is 0 Å². The molecule has 0 unspecified atom stereocenters. The van der Waals surface area contributed by atoms with Crippen LogP contribution < -0.4 is 5.32 Å². The van der Waals surface area contributed by atoms with Crippen molar-refractivity contribution >= 4 is 23.5 Å². The second kappa shape index (κ2) is 5.96. The molecule has 2 aromatic rings. The molecule has 0 aliphatic heterocycles. The van der Waals surface area contributed by atoms with Crippen molar-refractivity contribution in [2.24, 2.45) is 7.05 Å². The SMILES string of the molecule is CCn1ncc(Cl)c1CNC(=O)c1cn(C)nc1C(=O)O. The molecule has 0 saturated heterocycles. The maximum absolute atomic E-state index is 12.1. The van der Waals surface area contributed by atoms with E-state index < -0.39 is 11.9 Å². The summed E-state index contributed by atoms with van der Waals surface area (Å²) in [5, 5.41) is 19.9. The van der Waals surface area contributed by atoms with Crippen LogP contribution in [0.15, 0.2) is 12.4 Å². The Bertz CT molecular complexity index is 691. The Balaban J connectivity index is 2.15. The first kappa shape index (κ1) is 15.0. The van der Waals surface area contributed by atoms with Crippen LogP contribution in [0.25, 0.3) is 0 Å². The molecular formula is C12H14ClN5O3. The zero-order chi connectivity index (χ0) is 15.6. The van der Waals surface area contributed by atoms with Gasteiger partial charge < -0.3 is 10.4 Å². The van der Waals surface area contributed by atoms with Crippen molar-refractivity contribution < 1.29 is 14.7 Å². The van der Waals surface area contributed by atoms with Gasteiger partial charge in [0.15, 0.2) is 5.69 Å². The monoisotopic (exact) mass is 311 g/mol. The van der Waals surface area contributed by atoms with Crippen molar-refractivity contribution in [2.45, 2.75) is 20.0 Å². The Morgan fingerprint density at radius 2 is 2.19 bits per heavy atom. The average molecular weight is 312 g/mol. The van der Waals surface area contributed by atoms with Gasteiger partial charge in [0.1, 0.15) is 0 Å². The maximum Gasteiger partial charge on any atom is 0.357 e. The fourth-order valence-corrected chi connectivity index (χ4v) is 2.12. The van der Waals surface area contributed by atoms with Crippen molar-refractivity contribution in [3.05, 3.63) is 34.4 Å². The summed E-state index contributed by atoms with van der Waals surface area (Å²) in [7, 11) is 1.55. The lowest BCUT2D eigenvalue weighted by Crippen LogP contribution is -2.25. The number of hydrogen-bond acceptors (Lipinski definition) is 4. The minimum atomic E-state index is -1.25. The highest BCUT2D eigenvalue weighted by atomic mass is 35.5. The summed E-state index contributed by atoms with van der Waals surface area (Å²) in [4.78, 5) is 23.1. The largest absolute Gasteiger partial charge is 0.476 e. The Labute approximate surface area is 125 Å². The molecule has 2 N–H and O–H groups in total. The van der Waals surface area contributed by atoms with Gasteiger partial charge in [-0.3, -0.25) is 14.2 Å². The third-order valence-electron chi connectivity index (χ3n) is 2.89. The Morgan fingerprint density at radius 3 is 2.81 bits per heavy atom. The van der Waals surface area contributed by atoms with Crippen LogP contribution >= 0.6 is 11.6 Å². The first-order valence-corrected chi connectivity index (χ1v) is 6.57. The zero-order valence-electron chi connectivity index (χ0n) is 11.5. The van der Waals surface area contributed by atoms with E-state index in [2.05, 4.69) is 15.5 Å². The summed E-state index contributed by atoms with van der Waals surface area (Å²) in [6.07, 6.45) is 2.86. The van der Waals surface area contributed by atoms with Crippen LogP contribution in [-0.2, 0) is 20.1 Å². The summed E-state index contributed by atoms with van der Waals surface area (Å²) >= 11 is 5.99. The van der Waals surface area contributed by atoms with Crippen LogP contribution in [0.4, 0.5) is 0 Å². The van der Waals surface area contributed by atoms with Crippen molar-refractivity contribution in [1.82, 2.24) is 24.9 Å². The van der Waals surface area contributed by atoms with Gasteiger partial charge in [-0.25, -0.2) is 4.79 Å². The van der Waals surface area contributed by atoms with Crippen LogP contribution in [-0.4, -0.2) is 36.5 Å². The van der Waals surface area contributed by atoms with Gasteiger partial charge in [0.05, 0.1) is 29.0 Å². The number of nitrogens with zero attached hydrogens (tertiary/aromatic N) is 4. The van der Waals surface area contributed by atoms with Crippen molar-refractivity contribution in [1.29, 1.82) is 0 Å². The number of hydrogen-bond donors (Lipinski definition) is 2. The summed E-state index contributed by atoms with van der Waals surface area (Å²) in [5.74, 6) is -1.78. The molecular weight excluding hydrogens is 298 g/mol. The molecule has 2 aromatic heterocycles. The normalized spacial score (nSPS) is 10.6. The van der Waals surface area contributed by atoms with Gasteiger partial charge >= 0.3 is 5.97 Å². The van der Waals surface area contributed by atoms with E-state index >= 15 is 0 Å². The van der Waals surface area contributed by atoms with Gasteiger partial charge in [0.2, 0.25) is 0 Å². The number of carbonyl (C=O) groups excluding carboxylic acids is 1. The molecule has 0 aliphatic rings. The number of carbonyl (C=O) groups is 2. The average Bonchev–Trinajstić information content (AvgIpc) is 2.99. The molecule has 0 aliphatic carbocycles. The highest BCUT2D eigenvalue weighted by Crippen LogP contribution is 2.15. The zero-order valence-corrected chi connectivity index (χ0v) is 12.3. The van der Waals surface area contributed by atoms with E-state index in [1.165, 1.54) is 17.1 Å². The van der Waals surface area contributed by atoms with E-state index in [1.54, 1.807) is 11.7 Å². The quantitative estimate of drug-likeness (QED) is 0.854. The first-order chi connectivity index (χ1) is 9.93. The van der Waals surface area contributed by atoms with E-state index in [1.807, 2.05) is 6.92 Å². The number of carboxylic acid groups (broad SMARTS) is 1. The van der Waals surface area contributed by atoms with Crippen molar-refractivity contribution in [2.75, 3.05) is 0 Å². The molecule has 2 rings (SSSR count). The predicted octanol–water partition coefficient (Wildman–Crippen LogP) is 0.918. The fraction of sp³-hybridized carbons (Fsp3) is 0.333. The molecule has 9 heteroatoms. The molecule has 0 radical (unpaired) electrons. The summed E-state index contributed by atoms with van der Waals surface area (Å²) in [6.45, 7) is 2.67. The van der Waals surface area contributed by atoms with E-state index in [0.29, 0.717) is 17.3 Å². The van der Waals surface area contributed by atoms with Crippen molar-refractivity contribution in [3.63, 3.8) is 0 Å². The van der Waals surface area contributed by atoms with Gasteiger partial charge in [-0.15, -0.1) is 0 Å². The molecule has 21 heavy (non-hydrogen) atoms. The Kier molecular flexibility index (Phi) is 4.27. The fourth-order valence-electron chi connectivity index (χ4n) is 1.91. The minimum absolute atomic E-state index is 0.00341. The van der Waals surface area contributed by atoms with E-state index in [9.17, 15) is 9.59 Å². The highest BCUT2D eigenvalue weighted by molar-refractivity contribution is 6.31. The third-order valence-corrected chi connectivity index (χ3v) is 3.21. The lowest BCUT2D eigenvalue weighted by molar-refractivity contribution is 0.0684. The number of rotatable bonds is 5. The lowest BCUT2D eigenvalue weighted by atomic mass is 10.2. The first-order valence-electron chi connectivity index (χ1n) is 6.19. The number of halogens is 1. The molecule has 112 valence electrons. The van der Waals surface area contributed by atoms with Crippen LogP contribution in [0.3, 0.4) is 0 Å². The second-order valence-corrected chi connectivity index (χ2v) is 4.72. The Morgan fingerprint density at radius 1 is 1.48 bits per heavy atom. The number of carboxylic acids is 1. The second-order valence-electron chi connectivity index (χ2n) is 4.31. The van der Waals surface area contributed by atoms with Gasteiger partial charge in [-0.1, -0.05) is 11.6 Å². The van der Waals surface area contributed by atoms with Crippen LogP contribution in [0, 0.1) is 0 Å². The number of aryl methyl sites for hydroxylation is 2. The smallest absolute Gasteiger partial charge is 0.357 e. The van der Waals surface area contributed by atoms with E-state index in [-0.39, 0.29) is 17.8 Å². The molecule has 0 spiro atoms. The predicted molar refractivity (Wildman–Crippen MR) is 74.2 cm³/mol. The molecule has 8 nitrogen and oxygen atoms in total. The van der Waals surface area contributed by atoms with Crippen molar-refractivity contribution in [3.8, 4) is 0 Å². The standard InChI is InChI=1S/C12H14ClN5O3/c1-3-18-9(8(13)4-15-18)5-14-11(19)7-6-17(2)16-10(7)12(20)21/h4,6H,3,5H2,1-2H3,(H,14,19)(H,20,21). The highest BCUT2D eigenvalue weighted by Gasteiger charge is 2.21. The summed E-state index contributed by atoms with van der Waals surface area (Å²) in [6, 6.07) is 0. The number of aromatic carboxylic acids is 1. The number of nitrogens with one attached hydrogen (secondary N) is 1. The minimum Gasteiger partial charge on any atom is -0.476 e. The van der Waals surface area contributed by atoms with Crippen LogP contribution in [0.5, 0.6) is 0 Å². The van der Waals surface area contributed by atoms with Crippen LogP contribution in [0.2, 0.25) is 5.02 Å². The van der Waals surface area contributed by atoms with Crippen LogP contribution in [0.1, 0.15) is 33.5 Å². The molecule has 0 bridgehead atoms. The molecule has 0 saturated carbocycles. The third kappa shape index (κ3) is 3.05. The molecule has 0 fully saturated rings. The Hall–Kier alpha value is -2.35.